The quantitative estimate of drug-likeness (QED) is 0.539. The zero-order valence-electron chi connectivity index (χ0n) is 12.3. The molecule has 0 saturated carbocycles. The highest BCUT2D eigenvalue weighted by Crippen LogP contribution is 2.17. The summed E-state index contributed by atoms with van der Waals surface area (Å²) in [6, 6.07) is 8.70. The lowest BCUT2D eigenvalue weighted by molar-refractivity contribution is -0.143. The first-order valence-electron chi connectivity index (χ1n) is 7.28. The maximum atomic E-state index is 11.2. The summed E-state index contributed by atoms with van der Waals surface area (Å²) < 4.78 is 6.01. The molecule has 3 nitrogen and oxygen atoms in total. The molecule has 0 heterocycles. The highest BCUT2D eigenvalue weighted by atomic mass is 79.9. The monoisotopic (exact) mass is 341 g/mol. The van der Waals surface area contributed by atoms with Crippen LogP contribution in [0.1, 0.15) is 51.1 Å². The minimum absolute atomic E-state index is 0.0806. The number of unbranched alkanes of at least 4 members (excludes halogenated alkanes) is 2. The van der Waals surface area contributed by atoms with E-state index in [1.807, 2.05) is 13.0 Å². The van der Waals surface area contributed by atoms with E-state index in [-0.39, 0.29) is 5.97 Å². The van der Waals surface area contributed by atoms with Crippen molar-refractivity contribution in [2.45, 2.75) is 45.6 Å². The normalized spacial score (nSPS) is 12.2. The van der Waals surface area contributed by atoms with Crippen molar-refractivity contribution in [3.8, 4) is 0 Å². The highest BCUT2D eigenvalue weighted by molar-refractivity contribution is 9.10. The van der Waals surface area contributed by atoms with Gasteiger partial charge in [-0.1, -0.05) is 34.5 Å². The van der Waals surface area contributed by atoms with Crippen molar-refractivity contribution in [3.63, 3.8) is 0 Å². The molecule has 1 aromatic rings. The molecule has 0 bridgehead atoms. The molecular formula is C16H24BrNO2. The van der Waals surface area contributed by atoms with Gasteiger partial charge in [0.05, 0.1) is 6.61 Å². The first-order valence-corrected chi connectivity index (χ1v) is 8.07. The second kappa shape index (κ2) is 9.94. The summed E-state index contributed by atoms with van der Waals surface area (Å²) in [4.78, 5) is 11.2. The summed E-state index contributed by atoms with van der Waals surface area (Å²) in [5.74, 6) is -0.0806. The van der Waals surface area contributed by atoms with E-state index >= 15 is 0 Å². The third-order valence-electron chi connectivity index (χ3n) is 3.16. The summed E-state index contributed by atoms with van der Waals surface area (Å²) in [7, 11) is 0. The topological polar surface area (TPSA) is 38.3 Å². The number of esters is 1. The minimum atomic E-state index is -0.0806. The van der Waals surface area contributed by atoms with Crippen LogP contribution in [-0.4, -0.2) is 19.1 Å². The molecule has 0 spiro atoms. The summed E-state index contributed by atoms with van der Waals surface area (Å²) in [5, 5.41) is 3.50. The van der Waals surface area contributed by atoms with E-state index in [9.17, 15) is 4.79 Å². The Morgan fingerprint density at radius 1 is 1.35 bits per heavy atom. The lowest BCUT2D eigenvalue weighted by Gasteiger charge is -2.14. The molecule has 20 heavy (non-hydrogen) atoms. The maximum Gasteiger partial charge on any atom is 0.305 e. The Kier molecular flexibility index (Phi) is 8.54. The van der Waals surface area contributed by atoms with Gasteiger partial charge in [-0.05, 0) is 50.9 Å². The fraction of sp³-hybridized carbons (Fsp3) is 0.562. The predicted octanol–water partition coefficient (Wildman–Crippen LogP) is 4.22. The lowest BCUT2D eigenvalue weighted by Crippen LogP contribution is -2.19. The number of halogens is 1. The molecule has 0 aliphatic heterocycles. The van der Waals surface area contributed by atoms with Crippen LogP contribution in [0.2, 0.25) is 0 Å². The molecule has 0 radical (unpaired) electrons. The second-order valence-corrected chi connectivity index (χ2v) is 5.76. The molecule has 4 heteroatoms. The van der Waals surface area contributed by atoms with Crippen LogP contribution >= 0.6 is 15.9 Å². The molecule has 0 aliphatic rings. The molecule has 0 aromatic heterocycles. The zero-order valence-corrected chi connectivity index (χ0v) is 13.9. The number of rotatable bonds is 9. The van der Waals surface area contributed by atoms with Crippen LogP contribution in [0.15, 0.2) is 28.7 Å². The summed E-state index contributed by atoms with van der Waals surface area (Å²) >= 11 is 3.49. The molecule has 112 valence electrons. The number of carbonyl (C=O) groups is 1. The number of carbonyl (C=O) groups excluding carboxylic acids is 1. The molecule has 1 atom stereocenters. The minimum Gasteiger partial charge on any atom is -0.466 e. The molecule has 0 amide bonds. The number of benzene rings is 1. The van der Waals surface area contributed by atoms with E-state index in [1.54, 1.807) is 0 Å². The molecule has 1 rings (SSSR count). The molecule has 1 aromatic carbocycles. The van der Waals surface area contributed by atoms with E-state index in [4.69, 9.17) is 4.74 Å². The molecule has 1 N–H and O–H groups in total. The summed E-state index contributed by atoms with van der Waals surface area (Å²) in [6.45, 7) is 5.45. The predicted molar refractivity (Wildman–Crippen MR) is 85.7 cm³/mol. The standard InChI is InChI=1S/C16H24BrNO2/c1-3-20-16(19)10-5-4-6-11-18-13(2)14-8-7-9-15(17)12-14/h7-9,12-13,18H,3-6,10-11H2,1-2H3/t13-/m1/s1. The lowest BCUT2D eigenvalue weighted by atomic mass is 10.1. The Labute approximate surface area is 130 Å². The van der Waals surface area contributed by atoms with E-state index in [1.165, 1.54) is 5.56 Å². The average Bonchev–Trinajstić information content (AvgIpc) is 2.42. The van der Waals surface area contributed by atoms with Gasteiger partial charge in [0.1, 0.15) is 0 Å². The highest BCUT2D eigenvalue weighted by Gasteiger charge is 2.05. The zero-order chi connectivity index (χ0) is 14.8. The Morgan fingerprint density at radius 3 is 2.85 bits per heavy atom. The van der Waals surface area contributed by atoms with Gasteiger partial charge in [0.2, 0.25) is 0 Å². The van der Waals surface area contributed by atoms with Crippen LogP contribution in [0.4, 0.5) is 0 Å². The number of nitrogens with one attached hydrogen (secondary N) is 1. The largest absolute Gasteiger partial charge is 0.466 e. The van der Waals surface area contributed by atoms with Gasteiger partial charge in [0, 0.05) is 16.9 Å². The Hall–Kier alpha value is -0.870. The van der Waals surface area contributed by atoms with Crippen LogP contribution < -0.4 is 5.32 Å². The smallest absolute Gasteiger partial charge is 0.305 e. The Morgan fingerprint density at radius 2 is 2.15 bits per heavy atom. The van der Waals surface area contributed by atoms with Crippen molar-refractivity contribution in [2.75, 3.05) is 13.2 Å². The number of ether oxygens (including phenoxy) is 1. The Bertz CT molecular complexity index is 409. The molecule has 0 unspecified atom stereocenters. The van der Waals surface area contributed by atoms with Gasteiger partial charge in [-0.15, -0.1) is 0 Å². The fourth-order valence-corrected chi connectivity index (χ4v) is 2.43. The van der Waals surface area contributed by atoms with Gasteiger partial charge < -0.3 is 10.1 Å². The number of hydrogen-bond donors (Lipinski definition) is 1. The van der Waals surface area contributed by atoms with E-state index < -0.39 is 0 Å². The van der Waals surface area contributed by atoms with Crippen molar-refractivity contribution >= 4 is 21.9 Å². The number of hydrogen-bond acceptors (Lipinski definition) is 3. The second-order valence-electron chi connectivity index (χ2n) is 4.85. The fourth-order valence-electron chi connectivity index (χ4n) is 2.02. The van der Waals surface area contributed by atoms with Crippen molar-refractivity contribution < 1.29 is 9.53 Å². The van der Waals surface area contributed by atoms with E-state index in [0.717, 1.165) is 30.3 Å². The first-order chi connectivity index (χ1) is 9.63. The molecule has 0 aliphatic carbocycles. The van der Waals surface area contributed by atoms with E-state index in [2.05, 4.69) is 46.4 Å². The third-order valence-corrected chi connectivity index (χ3v) is 3.66. The van der Waals surface area contributed by atoms with Gasteiger partial charge in [0.15, 0.2) is 0 Å². The van der Waals surface area contributed by atoms with Crippen LogP contribution in [0.25, 0.3) is 0 Å². The molecule has 0 fully saturated rings. The summed E-state index contributed by atoms with van der Waals surface area (Å²) in [6.07, 6.45) is 3.58. The summed E-state index contributed by atoms with van der Waals surface area (Å²) in [5.41, 5.74) is 1.28. The van der Waals surface area contributed by atoms with Crippen LogP contribution in [-0.2, 0) is 9.53 Å². The van der Waals surface area contributed by atoms with E-state index in [0.29, 0.717) is 19.1 Å². The van der Waals surface area contributed by atoms with Crippen molar-refractivity contribution in [1.29, 1.82) is 0 Å². The SMILES string of the molecule is CCOC(=O)CCCCCN[C@H](C)c1cccc(Br)c1. The molecule has 0 saturated heterocycles. The first kappa shape index (κ1) is 17.2. The average molecular weight is 342 g/mol. The van der Waals surface area contributed by atoms with Crippen molar-refractivity contribution in [1.82, 2.24) is 5.32 Å². The maximum absolute atomic E-state index is 11.2. The Balaban J connectivity index is 2.11. The van der Waals surface area contributed by atoms with Gasteiger partial charge in [-0.25, -0.2) is 0 Å². The van der Waals surface area contributed by atoms with Crippen LogP contribution in [0, 0.1) is 0 Å². The van der Waals surface area contributed by atoms with Gasteiger partial charge in [-0.2, -0.15) is 0 Å². The van der Waals surface area contributed by atoms with Crippen LogP contribution in [0.5, 0.6) is 0 Å². The molecular weight excluding hydrogens is 318 g/mol. The van der Waals surface area contributed by atoms with Crippen LogP contribution in [0.3, 0.4) is 0 Å². The van der Waals surface area contributed by atoms with Gasteiger partial charge in [-0.3, -0.25) is 4.79 Å². The van der Waals surface area contributed by atoms with Crippen molar-refractivity contribution in [2.24, 2.45) is 0 Å². The van der Waals surface area contributed by atoms with Gasteiger partial charge >= 0.3 is 5.97 Å². The van der Waals surface area contributed by atoms with Gasteiger partial charge in [0.25, 0.3) is 0 Å². The van der Waals surface area contributed by atoms with Crippen molar-refractivity contribution in [3.05, 3.63) is 34.3 Å². The third kappa shape index (κ3) is 7.06.